The van der Waals surface area contributed by atoms with Crippen LogP contribution in [0.4, 0.5) is 0 Å². The lowest BCUT2D eigenvalue weighted by molar-refractivity contribution is 0.344. The molecule has 0 aromatic heterocycles. The number of hydrogen-bond donors (Lipinski definition) is 1. The van der Waals surface area contributed by atoms with Crippen LogP contribution >= 0.6 is 0 Å². The van der Waals surface area contributed by atoms with Crippen LogP contribution in [-0.4, -0.2) is 13.7 Å². The SMILES string of the molecule is CCNC(c1ccc(C)c(OC)c1)C(CC)CC. The molecule has 2 nitrogen and oxygen atoms in total. The summed E-state index contributed by atoms with van der Waals surface area (Å²) in [6, 6.07) is 6.99. The van der Waals surface area contributed by atoms with Gasteiger partial charge in [0.15, 0.2) is 0 Å². The predicted molar refractivity (Wildman–Crippen MR) is 78.2 cm³/mol. The highest BCUT2D eigenvalue weighted by atomic mass is 16.5. The highest BCUT2D eigenvalue weighted by Gasteiger charge is 2.20. The van der Waals surface area contributed by atoms with Crippen molar-refractivity contribution in [1.82, 2.24) is 5.32 Å². The van der Waals surface area contributed by atoms with E-state index in [0.29, 0.717) is 12.0 Å². The number of hydrogen-bond acceptors (Lipinski definition) is 2. The van der Waals surface area contributed by atoms with Crippen LogP contribution in [0.25, 0.3) is 0 Å². The van der Waals surface area contributed by atoms with Gasteiger partial charge in [-0.25, -0.2) is 0 Å². The monoisotopic (exact) mass is 249 g/mol. The van der Waals surface area contributed by atoms with Crippen LogP contribution in [0.5, 0.6) is 5.75 Å². The van der Waals surface area contributed by atoms with Crippen LogP contribution in [0.2, 0.25) is 0 Å². The van der Waals surface area contributed by atoms with E-state index in [2.05, 4.69) is 51.2 Å². The van der Waals surface area contributed by atoms with Gasteiger partial charge in [0, 0.05) is 6.04 Å². The molecule has 0 fully saturated rings. The van der Waals surface area contributed by atoms with E-state index in [1.807, 2.05) is 0 Å². The maximum atomic E-state index is 5.43. The van der Waals surface area contributed by atoms with E-state index in [-0.39, 0.29) is 0 Å². The van der Waals surface area contributed by atoms with Crippen molar-refractivity contribution in [3.05, 3.63) is 29.3 Å². The molecule has 0 saturated carbocycles. The average molecular weight is 249 g/mol. The van der Waals surface area contributed by atoms with E-state index in [1.165, 1.54) is 24.0 Å². The van der Waals surface area contributed by atoms with E-state index < -0.39 is 0 Å². The standard InChI is InChI=1S/C16H27NO/c1-6-13(7-2)16(17-8-3)14-10-9-12(4)15(11-14)18-5/h9-11,13,16-17H,6-8H2,1-5H3. The number of benzene rings is 1. The molecule has 1 aromatic rings. The first kappa shape index (κ1) is 15.0. The van der Waals surface area contributed by atoms with Crippen molar-refractivity contribution in [2.45, 2.75) is 46.6 Å². The van der Waals surface area contributed by atoms with Crippen LogP contribution in [0.3, 0.4) is 0 Å². The van der Waals surface area contributed by atoms with Crippen molar-refractivity contribution in [2.24, 2.45) is 5.92 Å². The van der Waals surface area contributed by atoms with Gasteiger partial charge >= 0.3 is 0 Å². The van der Waals surface area contributed by atoms with Crippen molar-refractivity contribution < 1.29 is 4.74 Å². The lowest BCUT2D eigenvalue weighted by Crippen LogP contribution is -2.27. The topological polar surface area (TPSA) is 21.3 Å². The fraction of sp³-hybridized carbons (Fsp3) is 0.625. The summed E-state index contributed by atoms with van der Waals surface area (Å²) in [5.41, 5.74) is 2.54. The Hall–Kier alpha value is -1.02. The third-order valence-electron chi connectivity index (χ3n) is 3.74. The molecule has 0 heterocycles. The van der Waals surface area contributed by atoms with Gasteiger partial charge in [-0.3, -0.25) is 0 Å². The molecular weight excluding hydrogens is 222 g/mol. The Bertz CT molecular complexity index is 358. The minimum absolute atomic E-state index is 0.430. The third-order valence-corrected chi connectivity index (χ3v) is 3.74. The van der Waals surface area contributed by atoms with E-state index in [9.17, 15) is 0 Å². The summed E-state index contributed by atoms with van der Waals surface area (Å²) in [5, 5.41) is 3.62. The molecule has 0 saturated heterocycles. The number of nitrogens with one attached hydrogen (secondary N) is 1. The third kappa shape index (κ3) is 3.49. The highest BCUT2D eigenvalue weighted by Crippen LogP contribution is 2.30. The van der Waals surface area contributed by atoms with Gasteiger partial charge in [0.1, 0.15) is 5.75 Å². The molecule has 2 heteroatoms. The second-order valence-electron chi connectivity index (χ2n) is 4.84. The zero-order valence-electron chi connectivity index (χ0n) is 12.4. The minimum Gasteiger partial charge on any atom is -0.496 e. The molecule has 0 aliphatic rings. The molecule has 1 aromatic carbocycles. The largest absolute Gasteiger partial charge is 0.496 e. The first-order valence-electron chi connectivity index (χ1n) is 7.05. The molecule has 18 heavy (non-hydrogen) atoms. The Morgan fingerprint density at radius 3 is 2.33 bits per heavy atom. The summed E-state index contributed by atoms with van der Waals surface area (Å²) in [4.78, 5) is 0. The predicted octanol–water partition coefficient (Wildman–Crippen LogP) is 4.09. The smallest absolute Gasteiger partial charge is 0.122 e. The maximum Gasteiger partial charge on any atom is 0.122 e. The van der Waals surface area contributed by atoms with Crippen molar-refractivity contribution in [3.63, 3.8) is 0 Å². The average Bonchev–Trinajstić information content (AvgIpc) is 2.40. The first-order valence-corrected chi connectivity index (χ1v) is 7.05. The van der Waals surface area contributed by atoms with Gasteiger partial charge < -0.3 is 10.1 Å². The molecule has 0 radical (unpaired) electrons. The first-order chi connectivity index (χ1) is 8.67. The van der Waals surface area contributed by atoms with Crippen molar-refractivity contribution >= 4 is 0 Å². The van der Waals surface area contributed by atoms with Crippen LogP contribution in [0.15, 0.2) is 18.2 Å². The summed E-state index contributed by atoms with van der Waals surface area (Å²) >= 11 is 0. The van der Waals surface area contributed by atoms with Gasteiger partial charge in [-0.1, -0.05) is 45.7 Å². The lowest BCUT2D eigenvalue weighted by atomic mass is 9.88. The summed E-state index contributed by atoms with van der Waals surface area (Å²) in [6.07, 6.45) is 2.40. The summed E-state index contributed by atoms with van der Waals surface area (Å²) in [7, 11) is 1.74. The molecule has 0 aliphatic heterocycles. The minimum atomic E-state index is 0.430. The van der Waals surface area contributed by atoms with Gasteiger partial charge in [-0.05, 0) is 36.6 Å². The second-order valence-corrected chi connectivity index (χ2v) is 4.84. The molecule has 0 aliphatic carbocycles. The van der Waals surface area contributed by atoms with E-state index in [1.54, 1.807) is 7.11 Å². The molecule has 1 unspecified atom stereocenters. The summed E-state index contributed by atoms with van der Waals surface area (Å²) < 4.78 is 5.43. The Labute approximate surface area is 112 Å². The van der Waals surface area contributed by atoms with Crippen LogP contribution < -0.4 is 10.1 Å². The van der Waals surface area contributed by atoms with E-state index in [4.69, 9.17) is 4.74 Å². The zero-order chi connectivity index (χ0) is 13.5. The lowest BCUT2D eigenvalue weighted by Gasteiger charge is -2.27. The zero-order valence-corrected chi connectivity index (χ0v) is 12.4. The normalized spacial score (nSPS) is 12.8. The highest BCUT2D eigenvalue weighted by molar-refractivity contribution is 5.38. The van der Waals surface area contributed by atoms with Gasteiger partial charge in [-0.2, -0.15) is 0 Å². The molecule has 1 atom stereocenters. The van der Waals surface area contributed by atoms with Crippen LogP contribution in [-0.2, 0) is 0 Å². The van der Waals surface area contributed by atoms with Crippen molar-refractivity contribution in [2.75, 3.05) is 13.7 Å². The fourth-order valence-corrected chi connectivity index (χ4v) is 2.57. The fourth-order valence-electron chi connectivity index (χ4n) is 2.57. The summed E-state index contributed by atoms with van der Waals surface area (Å²) in [6.45, 7) is 9.79. The van der Waals surface area contributed by atoms with Crippen molar-refractivity contribution in [1.29, 1.82) is 0 Å². The Kier molecular flexibility index (Phi) is 6.20. The second kappa shape index (κ2) is 7.42. The van der Waals surface area contributed by atoms with Gasteiger partial charge in [0.2, 0.25) is 0 Å². The van der Waals surface area contributed by atoms with Crippen molar-refractivity contribution in [3.8, 4) is 5.75 Å². The number of methoxy groups -OCH3 is 1. The van der Waals surface area contributed by atoms with Gasteiger partial charge in [-0.15, -0.1) is 0 Å². The Morgan fingerprint density at radius 2 is 1.83 bits per heavy atom. The molecular formula is C16H27NO. The van der Waals surface area contributed by atoms with Crippen LogP contribution in [0.1, 0.15) is 50.8 Å². The van der Waals surface area contributed by atoms with E-state index >= 15 is 0 Å². The molecule has 1 rings (SSSR count). The van der Waals surface area contributed by atoms with E-state index in [0.717, 1.165) is 12.3 Å². The molecule has 1 N–H and O–H groups in total. The molecule has 0 spiro atoms. The Balaban J connectivity index is 3.04. The summed E-state index contributed by atoms with van der Waals surface area (Å²) in [5.74, 6) is 1.67. The van der Waals surface area contributed by atoms with Gasteiger partial charge in [0.05, 0.1) is 7.11 Å². The number of ether oxygens (including phenoxy) is 1. The molecule has 0 amide bonds. The quantitative estimate of drug-likeness (QED) is 0.786. The molecule has 0 bridgehead atoms. The molecule has 102 valence electrons. The van der Waals surface area contributed by atoms with Crippen LogP contribution in [0, 0.1) is 12.8 Å². The van der Waals surface area contributed by atoms with Gasteiger partial charge in [0.25, 0.3) is 0 Å². The maximum absolute atomic E-state index is 5.43. The Morgan fingerprint density at radius 1 is 1.17 bits per heavy atom. The number of rotatable bonds is 7. The number of aryl methyl sites for hydroxylation is 1.